The van der Waals surface area contributed by atoms with E-state index in [-0.39, 0.29) is 25.0 Å². The molecular weight excluding hydrogens is 392 g/mol. The van der Waals surface area contributed by atoms with E-state index in [0.29, 0.717) is 18.0 Å². The molecular formula is C25H34N2O4. The lowest BCUT2D eigenvalue weighted by molar-refractivity contribution is -0.142. The van der Waals surface area contributed by atoms with Crippen LogP contribution in [0.4, 0.5) is 0 Å². The highest BCUT2D eigenvalue weighted by Crippen LogP contribution is 2.18. The highest BCUT2D eigenvalue weighted by atomic mass is 16.5. The van der Waals surface area contributed by atoms with Crippen LogP contribution in [-0.2, 0) is 16.1 Å². The number of methoxy groups -OCH3 is 1. The van der Waals surface area contributed by atoms with Crippen LogP contribution < -0.4 is 14.8 Å². The molecule has 2 amide bonds. The lowest BCUT2D eigenvalue weighted by Crippen LogP contribution is -2.49. The van der Waals surface area contributed by atoms with E-state index in [0.717, 1.165) is 29.5 Å². The SMILES string of the molecule is CCCCNC(=O)[C@H](C)N(Cc1cccc(OC)c1)C(=O)COc1cc(C)cc(C)c1. The van der Waals surface area contributed by atoms with Crippen molar-refractivity contribution in [2.24, 2.45) is 0 Å². The normalized spacial score (nSPS) is 11.5. The van der Waals surface area contributed by atoms with Crippen LogP contribution in [0, 0.1) is 13.8 Å². The van der Waals surface area contributed by atoms with Crippen molar-refractivity contribution in [1.82, 2.24) is 10.2 Å². The Hall–Kier alpha value is -3.02. The number of ether oxygens (including phenoxy) is 2. The van der Waals surface area contributed by atoms with Gasteiger partial charge in [0.15, 0.2) is 6.61 Å². The number of hydrogen-bond acceptors (Lipinski definition) is 4. The number of benzene rings is 2. The second-order valence-corrected chi connectivity index (χ2v) is 7.81. The molecule has 31 heavy (non-hydrogen) atoms. The minimum Gasteiger partial charge on any atom is -0.497 e. The van der Waals surface area contributed by atoms with Gasteiger partial charge in [0.1, 0.15) is 17.5 Å². The van der Waals surface area contributed by atoms with Crippen molar-refractivity contribution >= 4 is 11.8 Å². The summed E-state index contributed by atoms with van der Waals surface area (Å²) in [6.07, 6.45) is 1.89. The van der Waals surface area contributed by atoms with E-state index in [9.17, 15) is 9.59 Å². The lowest BCUT2D eigenvalue weighted by atomic mass is 10.1. The van der Waals surface area contributed by atoms with E-state index < -0.39 is 6.04 Å². The third-order valence-electron chi connectivity index (χ3n) is 5.04. The van der Waals surface area contributed by atoms with Crippen molar-refractivity contribution in [3.63, 3.8) is 0 Å². The van der Waals surface area contributed by atoms with Gasteiger partial charge in [-0.3, -0.25) is 9.59 Å². The molecule has 0 aliphatic rings. The van der Waals surface area contributed by atoms with Gasteiger partial charge in [-0.05, 0) is 68.1 Å². The highest BCUT2D eigenvalue weighted by Gasteiger charge is 2.26. The molecule has 2 aromatic carbocycles. The lowest BCUT2D eigenvalue weighted by Gasteiger charge is -2.29. The summed E-state index contributed by atoms with van der Waals surface area (Å²) in [7, 11) is 1.60. The summed E-state index contributed by atoms with van der Waals surface area (Å²) in [5.74, 6) is 0.930. The van der Waals surface area contributed by atoms with Gasteiger partial charge in [0.25, 0.3) is 5.91 Å². The molecule has 0 saturated carbocycles. The van der Waals surface area contributed by atoms with Crippen molar-refractivity contribution in [3.05, 3.63) is 59.2 Å². The monoisotopic (exact) mass is 426 g/mol. The highest BCUT2D eigenvalue weighted by molar-refractivity contribution is 5.87. The molecule has 2 rings (SSSR count). The standard InChI is InChI=1S/C25H34N2O4/c1-6-7-11-26-25(29)20(4)27(16-21-9-8-10-22(15-21)30-5)24(28)17-31-23-13-18(2)12-19(3)14-23/h8-10,12-15,20H,6-7,11,16-17H2,1-5H3,(H,26,29)/t20-/m0/s1. The fourth-order valence-electron chi connectivity index (χ4n) is 3.33. The summed E-state index contributed by atoms with van der Waals surface area (Å²) in [6, 6.07) is 12.7. The number of hydrogen-bond donors (Lipinski definition) is 1. The quantitative estimate of drug-likeness (QED) is 0.551. The minimum atomic E-state index is -0.626. The smallest absolute Gasteiger partial charge is 0.261 e. The van der Waals surface area contributed by atoms with Crippen molar-refractivity contribution in [2.45, 2.75) is 53.1 Å². The molecule has 0 aliphatic heterocycles. The number of aryl methyl sites for hydroxylation is 2. The van der Waals surface area contributed by atoms with Gasteiger partial charge >= 0.3 is 0 Å². The molecule has 0 saturated heterocycles. The molecule has 168 valence electrons. The largest absolute Gasteiger partial charge is 0.497 e. The van der Waals surface area contributed by atoms with Gasteiger partial charge in [-0.15, -0.1) is 0 Å². The Labute approximate surface area is 185 Å². The van der Waals surface area contributed by atoms with Gasteiger partial charge in [-0.1, -0.05) is 31.5 Å². The van der Waals surface area contributed by atoms with Crippen LogP contribution >= 0.6 is 0 Å². The molecule has 0 aromatic heterocycles. The summed E-state index contributed by atoms with van der Waals surface area (Å²) in [5.41, 5.74) is 3.02. The maximum atomic E-state index is 13.1. The zero-order valence-electron chi connectivity index (χ0n) is 19.2. The van der Waals surface area contributed by atoms with E-state index in [1.165, 1.54) is 0 Å². The number of carbonyl (C=O) groups excluding carboxylic acids is 2. The first-order valence-corrected chi connectivity index (χ1v) is 10.7. The van der Waals surface area contributed by atoms with Crippen molar-refractivity contribution in [1.29, 1.82) is 0 Å². The van der Waals surface area contributed by atoms with Crippen LogP contribution in [0.25, 0.3) is 0 Å². The van der Waals surface area contributed by atoms with Crippen molar-refractivity contribution in [3.8, 4) is 11.5 Å². The summed E-state index contributed by atoms with van der Waals surface area (Å²) in [5, 5.41) is 2.92. The fraction of sp³-hybridized carbons (Fsp3) is 0.440. The van der Waals surface area contributed by atoms with Crippen LogP contribution in [0.1, 0.15) is 43.4 Å². The first-order valence-electron chi connectivity index (χ1n) is 10.7. The summed E-state index contributed by atoms with van der Waals surface area (Å²) in [6.45, 7) is 8.53. The summed E-state index contributed by atoms with van der Waals surface area (Å²) < 4.78 is 11.1. The number of nitrogens with one attached hydrogen (secondary N) is 1. The molecule has 0 heterocycles. The third kappa shape index (κ3) is 7.63. The Bertz CT molecular complexity index is 861. The zero-order chi connectivity index (χ0) is 22.8. The molecule has 0 spiro atoms. The average molecular weight is 427 g/mol. The van der Waals surface area contributed by atoms with Crippen LogP contribution in [0.5, 0.6) is 11.5 Å². The predicted molar refractivity (Wildman–Crippen MR) is 122 cm³/mol. The van der Waals surface area contributed by atoms with Gasteiger partial charge in [0.05, 0.1) is 7.11 Å². The van der Waals surface area contributed by atoms with E-state index in [1.54, 1.807) is 18.9 Å². The summed E-state index contributed by atoms with van der Waals surface area (Å²) in [4.78, 5) is 27.3. The third-order valence-corrected chi connectivity index (χ3v) is 5.04. The van der Waals surface area contributed by atoms with E-state index in [4.69, 9.17) is 9.47 Å². The molecule has 6 nitrogen and oxygen atoms in total. The molecule has 2 aromatic rings. The average Bonchev–Trinajstić information content (AvgIpc) is 2.75. The second-order valence-electron chi connectivity index (χ2n) is 7.81. The molecule has 0 fully saturated rings. The van der Waals surface area contributed by atoms with Gasteiger partial charge in [-0.25, -0.2) is 0 Å². The first-order chi connectivity index (χ1) is 14.8. The van der Waals surface area contributed by atoms with Crippen molar-refractivity contribution < 1.29 is 19.1 Å². The molecule has 6 heteroatoms. The maximum Gasteiger partial charge on any atom is 0.261 e. The van der Waals surface area contributed by atoms with Gasteiger partial charge in [0.2, 0.25) is 5.91 Å². The molecule has 0 bridgehead atoms. The number of rotatable bonds is 11. The van der Waals surface area contributed by atoms with Gasteiger partial charge in [0, 0.05) is 13.1 Å². The second kappa shape index (κ2) is 12.0. The van der Waals surface area contributed by atoms with Gasteiger partial charge < -0.3 is 19.7 Å². The Kier molecular flexibility index (Phi) is 9.38. The number of amides is 2. The van der Waals surface area contributed by atoms with Crippen LogP contribution in [0.15, 0.2) is 42.5 Å². The molecule has 0 aliphatic carbocycles. The first kappa shape index (κ1) is 24.3. The molecule has 1 N–H and O–H groups in total. The number of unbranched alkanes of at least 4 members (excludes halogenated alkanes) is 1. The Morgan fingerprint density at radius 3 is 2.42 bits per heavy atom. The van der Waals surface area contributed by atoms with Crippen LogP contribution in [-0.4, -0.2) is 43.0 Å². The fourth-order valence-corrected chi connectivity index (χ4v) is 3.33. The van der Waals surface area contributed by atoms with Gasteiger partial charge in [-0.2, -0.15) is 0 Å². The van der Waals surface area contributed by atoms with Crippen LogP contribution in [0.3, 0.4) is 0 Å². The van der Waals surface area contributed by atoms with E-state index in [1.807, 2.05) is 56.3 Å². The zero-order valence-corrected chi connectivity index (χ0v) is 19.2. The van der Waals surface area contributed by atoms with E-state index >= 15 is 0 Å². The Balaban J connectivity index is 2.16. The minimum absolute atomic E-state index is 0.139. The van der Waals surface area contributed by atoms with E-state index in [2.05, 4.69) is 12.2 Å². The van der Waals surface area contributed by atoms with Crippen LogP contribution in [0.2, 0.25) is 0 Å². The Morgan fingerprint density at radius 2 is 1.77 bits per heavy atom. The maximum absolute atomic E-state index is 13.1. The number of nitrogens with zero attached hydrogens (tertiary/aromatic N) is 1. The molecule has 1 atom stereocenters. The molecule has 0 radical (unpaired) electrons. The van der Waals surface area contributed by atoms with Crippen molar-refractivity contribution in [2.75, 3.05) is 20.3 Å². The summed E-state index contributed by atoms with van der Waals surface area (Å²) >= 11 is 0. The Morgan fingerprint density at radius 1 is 1.06 bits per heavy atom. The number of carbonyl (C=O) groups is 2. The topological polar surface area (TPSA) is 67.9 Å². The molecule has 0 unspecified atom stereocenters. The predicted octanol–water partition coefficient (Wildman–Crippen LogP) is 4.02.